The molecule has 1 saturated heterocycles. The van der Waals surface area contributed by atoms with E-state index in [0.717, 1.165) is 43.6 Å². The third kappa shape index (κ3) is 5.52. The van der Waals surface area contributed by atoms with Crippen LogP contribution in [0.5, 0.6) is 0 Å². The molecular formula is C29H33ClF2N4O2S. The number of nitrogens with zero attached hydrogens (tertiary/aromatic N) is 3. The first-order valence-corrected chi connectivity index (χ1v) is 14.5. The summed E-state index contributed by atoms with van der Waals surface area (Å²) in [6.07, 6.45) is 7.32. The van der Waals surface area contributed by atoms with E-state index in [9.17, 15) is 13.0 Å². The lowest BCUT2D eigenvalue weighted by atomic mass is 9.84. The molecule has 1 N–H and O–H groups in total. The average Bonchev–Trinajstić information content (AvgIpc) is 3.26. The second kappa shape index (κ2) is 10.6. The number of hydrogen-bond donors (Lipinski definition) is 1. The molecule has 208 valence electrons. The van der Waals surface area contributed by atoms with Crippen molar-refractivity contribution in [2.75, 3.05) is 13.1 Å². The molecule has 0 bridgehead atoms. The Bertz CT molecular complexity index is 1370. The van der Waals surface area contributed by atoms with Crippen LogP contribution in [0.15, 0.2) is 48.9 Å². The van der Waals surface area contributed by atoms with Crippen molar-refractivity contribution < 1.29 is 17.7 Å². The van der Waals surface area contributed by atoms with Crippen LogP contribution in [0.4, 0.5) is 8.78 Å². The zero-order valence-corrected chi connectivity index (χ0v) is 24.1. The second-order valence-electron chi connectivity index (χ2n) is 11.5. The average molecular weight is 575 g/mol. The number of rotatable bonds is 6. The van der Waals surface area contributed by atoms with Gasteiger partial charge in [-0.1, -0.05) is 17.7 Å². The van der Waals surface area contributed by atoms with Crippen LogP contribution in [0.2, 0.25) is 5.02 Å². The maximum absolute atomic E-state index is 14.5. The molecule has 1 aromatic carbocycles. The summed E-state index contributed by atoms with van der Waals surface area (Å²) in [6, 6.07) is 8.14. The standard InChI is InChI=1S/C29H33ClF2N4O2S/c1-27(2,3)39(37)35-28(4,21-13-23(31)26(30)24(32)14-21)25-6-5-19(15-34-25)17-36-11-8-29(9-12-36)22-16-33-10-7-20(22)18-38-29/h5-7,10,13-16,35H,8-9,11-12,17-18H2,1-4H3/t28-,39+/m1/s1. The van der Waals surface area contributed by atoms with Gasteiger partial charge in [-0.2, -0.15) is 0 Å². The topological polar surface area (TPSA) is 67.4 Å². The van der Waals surface area contributed by atoms with E-state index in [2.05, 4.69) is 19.6 Å². The zero-order chi connectivity index (χ0) is 28.0. The van der Waals surface area contributed by atoms with Crippen LogP contribution in [-0.4, -0.2) is 36.9 Å². The van der Waals surface area contributed by atoms with Crippen molar-refractivity contribution in [2.45, 2.75) is 69.6 Å². The highest BCUT2D eigenvalue weighted by Crippen LogP contribution is 2.44. The van der Waals surface area contributed by atoms with Crippen LogP contribution in [0, 0.1) is 11.6 Å². The van der Waals surface area contributed by atoms with Crippen molar-refractivity contribution in [1.82, 2.24) is 19.6 Å². The third-order valence-electron chi connectivity index (χ3n) is 7.73. The molecule has 2 atom stereocenters. The lowest BCUT2D eigenvalue weighted by Gasteiger charge is -2.39. The van der Waals surface area contributed by atoms with Gasteiger partial charge in [-0.05, 0) is 81.5 Å². The highest BCUT2D eigenvalue weighted by Gasteiger charge is 2.43. The summed E-state index contributed by atoms with van der Waals surface area (Å²) in [6.45, 7) is 10.3. The Morgan fingerprint density at radius 3 is 2.41 bits per heavy atom. The number of piperidine rings is 1. The van der Waals surface area contributed by atoms with Crippen LogP contribution in [0.25, 0.3) is 0 Å². The lowest BCUT2D eigenvalue weighted by molar-refractivity contribution is -0.0800. The van der Waals surface area contributed by atoms with E-state index in [1.54, 1.807) is 13.1 Å². The number of hydrogen-bond acceptors (Lipinski definition) is 5. The molecule has 0 amide bonds. The highest BCUT2D eigenvalue weighted by molar-refractivity contribution is 7.84. The number of aromatic nitrogens is 2. The van der Waals surface area contributed by atoms with Gasteiger partial charge in [0.2, 0.25) is 0 Å². The predicted molar refractivity (Wildman–Crippen MR) is 148 cm³/mol. The van der Waals surface area contributed by atoms with Gasteiger partial charge in [0.15, 0.2) is 0 Å². The second-order valence-corrected chi connectivity index (χ2v) is 13.8. The molecule has 0 aliphatic carbocycles. The molecule has 2 aliphatic heterocycles. The van der Waals surface area contributed by atoms with E-state index in [0.29, 0.717) is 18.8 Å². The van der Waals surface area contributed by atoms with E-state index in [4.69, 9.17) is 16.3 Å². The molecule has 0 saturated carbocycles. The fourth-order valence-corrected chi connectivity index (χ4v) is 6.26. The molecule has 0 radical (unpaired) electrons. The number of ether oxygens (including phenoxy) is 1. The molecule has 5 rings (SSSR count). The summed E-state index contributed by atoms with van der Waals surface area (Å²) in [4.78, 5) is 11.4. The zero-order valence-electron chi connectivity index (χ0n) is 22.6. The van der Waals surface area contributed by atoms with Gasteiger partial charge in [-0.3, -0.25) is 14.9 Å². The monoisotopic (exact) mass is 574 g/mol. The molecule has 0 unspecified atom stereocenters. The van der Waals surface area contributed by atoms with Crippen molar-refractivity contribution in [1.29, 1.82) is 0 Å². The van der Waals surface area contributed by atoms with Gasteiger partial charge >= 0.3 is 0 Å². The molecular weight excluding hydrogens is 542 g/mol. The van der Waals surface area contributed by atoms with E-state index < -0.39 is 37.9 Å². The van der Waals surface area contributed by atoms with Gasteiger partial charge < -0.3 is 4.74 Å². The van der Waals surface area contributed by atoms with Crippen molar-refractivity contribution >= 4 is 22.6 Å². The Morgan fingerprint density at radius 2 is 1.79 bits per heavy atom. The summed E-state index contributed by atoms with van der Waals surface area (Å²) in [5.41, 5.74) is 2.70. The van der Waals surface area contributed by atoms with E-state index in [-0.39, 0.29) is 11.2 Å². The first kappa shape index (κ1) is 28.2. The summed E-state index contributed by atoms with van der Waals surface area (Å²) < 4.78 is 50.8. The maximum atomic E-state index is 14.5. The van der Waals surface area contributed by atoms with Gasteiger partial charge in [0.25, 0.3) is 0 Å². The van der Waals surface area contributed by atoms with Crippen LogP contribution in [0.1, 0.15) is 68.5 Å². The minimum Gasteiger partial charge on any atom is -0.365 e. The van der Waals surface area contributed by atoms with Gasteiger partial charge in [-0.15, -0.1) is 0 Å². The molecule has 2 aliphatic rings. The fraction of sp³-hybridized carbons (Fsp3) is 0.448. The molecule has 4 heterocycles. The SMILES string of the molecule is CC(C)(C)[S@](=O)N[C@](C)(c1cc(F)c(Cl)c(F)c1)c1ccc(CN2CCC3(CC2)OCc2ccncc23)cn1. The van der Waals surface area contributed by atoms with Gasteiger partial charge in [0.1, 0.15) is 16.7 Å². The van der Waals surface area contributed by atoms with Gasteiger partial charge in [0.05, 0.1) is 39.2 Å². The molecule has 2 aromatic heterocycles. The minimum atomic E-state index is -1.55. The molecule has 6 nitrogen and oxygen atoms in total. The third-order valence-corrected chi connectivity index (χ3v) is 9.79. The summed E-state index contributed by atoms with van der Waals surface area (Å²) >= 11 is 5.74. The normalized spacial score (nSPS) is 19.6. The summed E-state index contributed by atoms with van der Waals surface area (Å²) in [5.74, 6) is -1.77. The van der Waals surface area contributed by atoms with Crippen molar-refractivity contribution in [3.63, 3.8) is 0 Å². The minimum absolute atomic E-state index is 0.243. The van der Waals surface area contributed by atoms with Crippen LogP contribution >= 0.6 is 11.6 Å². The molecule has 1 fully saturated rings. The Hall–Kier alpha value is -2.30. The van der Waals surface area contributed by atoms with Crippen molar-refractivity contribution in [2.24, 2.45) is 0 Å². The number of pyridine rings is 2. The Morgan fingerprint density at radius 1 is 1.10 bits per heavy atom. The maximum Gasteiger partial charge on any atom is 0.145 e. The highest BCUT2D eigenvalue weighted by atomic mass is 35.5. The number of fused-ring (bicyclic) bond motifs is 2. The van der Waals surface area contributed by atoms with Crippen molar-refractivity contribution in [3.8, 4) is 0 Å². The van der Waals surface area contributed by atoms with Gasteiger partial charge in [0, 0.05) is 43.8 Å². The Kier molecular flexibility index (Phi) is 7.67. The largest absolute Gasteiger partial charge is 0.365 e. The molecule has 3 aromatic rings. The molecule has 1 spiro atoms. The number of likely N-dealkylation sites (tertiary alicyclic amines) is 1. The van der Waals surface area contributed by atoms with Crippen molar-refractivity contribution in [3.05, 3.63) is 93.5 Å². The predicted octanol–water partition coefficient (Wildman–Crippen LogP) is 5.75. The van der Waals surface area contributed by atoms with Crippen LogP contribution in [0.3, 0.4) is 0 Å². The summed E-state index contributed by atoms with van der Waals surface area (Å²) in [5, 5.41) is -0.576. The van der Waals surface area contributed by atoms with Gasteiger partial charge in [-0.25, -0.2) is 17.7 Å². The van der Waals surface area contributed by atoms with Crippen LogP contribution in [-0.2, 0) is 40.0 Å². The quantitative estimate of drug-likeness (QED) is 0.380. The van der Waals surface area contributed by atoms with E-state index >= 15 is 0 Å². The molecule has 10 heteroatoms. The van der Waals surface area contributed by atoms with Crippen LogP contribution < -0.4 is 4.72 Å². The number of nitrogens with one attached hydrogen (secondary N) is 1. The smallest absolute Gasteiger partial charge is 0.145 e. The van der Waals surface area contributed by atoms with E-state index in [1.807, 2.05) is 51.4 Å². The molecule has 39 heavy (non-hydrogen) atoms. The first-order valence-electron chi connectivity index (χ1n) is 13.0. The Labute approximate surface area is 235 Å². The first-order chi connectivity index (χ1) is 18.4. The Balaban J connectivity index is 1.34. The lowest BCUT2D eigenvalue weighted by Crippen LogP contribution is -2.47. The fourth-order valence-electron chi connectivity index (χ4n) is 5.25. The number of benzene rings is 1. The number of halogens is 3. The van der Waals surface area contributed by atoms with E-state index in [1.165, 1.54) is 11.1 Å². The summed E-state index contributed by atoms with van der Waals surface area (Å²) in [7, 11) is -1.55.